The second-order valence-electron chi connectivity index (χ2n) is 3.84. The second kappa shape index (κ2) is 5.75. The summed E-state index contributed by atoms with van der Waals surface area (Å²) in [5.41, 5.74) is 0.976. The number of benzene rings is 1. The van der Waals surface area contributed by atoms with Crippen LogP contribution in [0, 0.1) is 0 Å². The van der Waals surface area contributed by atoms with E-state index in [1.165, 1.54) is 7.11 Å². The molecule has 2 aromatic rings. The number of ketones is 1. The molecule has 0 atom stereocenters. The molecule has 19 heavy (non-hydrogen) atoms. The topological polar surface area (TPSA) is 44.1 Å². The molecule has 100 valence electrons. The fourth-order valence-electron chi connectivity index (χ4n) is 1.76. The summed E-state index contributed by atoms with van der Waals surface area (Å²) in [6.45, 7) is 2.51. The summed E-state index contributed by atoms with van der Waals surface area (Å²) in [5, 5.41) is 4.69. The average molecular weight is 344 g/mol. The maximum atomic E-state index is 12.5. The van der Waals surface area contributed by atoms with E-state index in [1.54, 1.807) is 29.1 Å². The number of halogens is 2. The van der Waals surface area contributed by atoms with Crippen molar-refractivity contribution < 1.29 is 9.53 Å². The van der Waals surface area contributed by atoms with Gasteiger partial charge in [-0.15, -0.1) is 0 Å². The molecule has 0 aliphatic heterocycles. The highest BCUT2D eigenvalue weighted by atomic mass is 79.9. The van der Waals surface area contributed by atoms with Gasteiger partial charge < -0.3 is 4.74 Å². The third-order valence-electron chi connectivity index (χ3n) is 2.72. The quantitative estimate of drug-likeness (QED) is 0.797. The van der Waals surface area contributed by atoms with Crippen LogP contribution in [0.2, 0.25) is 5.02 Å². The van der Waals surface area contributed by atoms with Gasteiger partial charge in [-0.05, 0) is 41.1 Å². The molecule has 1 aromatic carbocycles. The molecule has 1 aromatic heterocycles. The van der Waals surface area contributed by atoms with E-state index < -0.39 is 0 Å². The van der Waals surface area contributed by atoms with Crippen LogP contribution in [0.4, 0.5) is 0 Å². The maximum absolute atomic E-state index is 12.5. The van der Waals surface area contributed by atoms with Gasteiger partial charge in [-0.3, -0.25) is 9.48 Å². The molecule has 0 aliphatic rings. The van der Waals surface area contributed by atoms with Crippen molar-refractivity contribution >= 4 is 33.3 Å². The number of carbonyl (C=O) groups is 1. The lowest BCUT2D eigenvalue weighted by Gasteiger charge is -2.07. The summed E-state index contributed by atoms with van der Waals surface area (Å²) in [6.07, 6.45) is 1.54. The third-order valence-corrected chi connectivity index (χ3v) is 3.94. The van der Waals surface area contributed by atoms with Gasteiger partial charge in [0.15, 0.2) is 11.4 Å². The van der Waals surface area contributed by atoms with Gasteiger partial charge in [0.05, 0.1) is 18.3 Å². The van der Waals surface area contributed by atoms with E-state index in [0.717, 1.165) is 0 Å². The molecule has 0 spiro atoms. The number of nitrogens with zero attached hydrogens (tertiary/aromatic N) is 2. The number of carbonyl (C=O) groups excluding carboxylic acids is 1. The Hall–Kier alpha value is -1.33. The molecule has 6 heteroatoms. The van der Waals surface area contributed by atoms with Gasteiger partial charge in [0.1, 0.15) is 0 Å². The lowest BCUT2D eigenvalue weighted by atomic mass is 10.1. The monoisotopic (exact) mass is 342 g/mol. The Balaban J connectivity index is 2.49. The minimum atomic E-state index is -0.145. The lowest BCUT2D eigenvalue weighted by molar-refractivity contribution is 0.102. The van der Waals surface area contributed by atoms with E-state index in [9.17, 15) is 4.79 Å². The van der Waals surface area contributed by atoms with E-state index in [2.05, 4.69) is 21.0 Å². The first-order valence-corrected chi connectivity index (χ1v) is 6.85. The van der Waals surface area contributed by atoms with Gasteiger partial charge in [0.25, 0.3) is 0 Å². The van der Waals surface area contributed by atoms with Crippen LogP contribution in [0.15, 0.2) is 28.9 Å². The predicted octanol–water partition coefficient (Wildman–Crippen LogP) is 3.56. The van der Waals surface area contributed by atoms with Crippen LogP contribution >= 0.6 is 27.5 Å². The molecule has 0 radical (unpaired) electrons. The van der Waals surface area contributed by atoms with Crippen molar-refractivity contribution in [1.82, 2.24) is 9.78 Å². The molecule has 0 saturated carbocycles. The minimum Gasteiger partial charge on any atom is -0.493 e. The molecule has 1 heterocycles. The summed E-state index contributed by atoms with van der Waals surface area (Å²) in [6, 6.07) is 5.05. The van der Waals surface area contributed by atoms with Crippen molar-refractivity contribution in [3.8, 4) is 5.75 Å². The summed E-state index contributed by atoms with van der Waals surface area (Å²) in [5.74, 6) is 0.325. The number of hydrogen-bond acceptors (Lipinski definition) is 3. The molecular weight excluding hydrogens is 332 g/mol. The van der Waals surface area contributed by atoms with Crippen LogP contribution in [0.1, 0.15) is 23.0 Å². The summed E-state index contributed by atoms with van der Waals surface area (Å²) < 4.78 is 7.48. The van der Waals surface area contributed by atoms with Crippen molar-refractivity contribution in [3.63, 3.8) is 0 Å². The number of hydrogen-bond donors (Lipinski definition) is 0. The van der Waals surface area contributed by atoms with Gasteiger partial charge in [-0.25, -0.2) is 0 Å². The SMILES string of the molecule is CCn1ncc(OC)c1C(=O)c1ccc(Cl)c(Br)c1. The predicted molar refractivity (Wildman–Crippen MR) is 77.0 cm³/mol. The molecule has 0 unspecified atom stereocenters. The first kappa shape index (κ1) is 14.1. The second-order valence-corrected chi connectivity index (χ2v) is 5.10. The molecule has 0 bridgehead atoms. The Morgan fingerprint density at radius 1 is 1.53 bits per heavy atom. The van der Waals surface area contributed by atoms with E-state index in [0.29, 0.717) is 33.0 Å². The van der Waals surface area contributed by atoms with Crippen LogP contribution in [0.3, 0.4) is 0 Å². The van der Waals surface area contributed by atoms with E-state index in [1.807, 2.05) is 6.92 Å². The highest BCUT2D eigenvalue weighted by Gasteiger charge is 2.20. The van der Waals surface area contributed by atoms with Crippen molar-refractivity contribution in [1.29, 1.82) is 0 Å². The van der Waals surface area contributed by atoms with Crippen molar-refractivity contribution in [2.45, 2.75) is 13.5 Å². The van der Waals surface area contributed by atoms with Crippen molar-refractivity contribution in [2.75, 3.05) is 7.11 Å². The highest BCUT2D eigenvalue weighted by Crippen LogP contribution is 2.26. The zero-order valence-electron chi connectivity index (χ0n) is 10.5. The lowest BCUT2D eigenvalue weighted by Crippen LogP contribution is -2.11. The standard InChI is InChI=1S/C13H12BrClN2O2/c1-3-17-12(11(19-2)7-16-17)13(18)8-4-5-10(15)9(14)6-8/h4-7H,3H2,1-2H3. The molecule has 4 nitrogen and oxygen atoms in total. The summed E-state index contributed by atoms with van der Waals surface area (Å²) in [4.78, 5) is 12.5. The van der Waals surface area contributed by atoms with Crippen LogP contribution in [0.25, 0.3) is 0 Å². The molecule has 0 N–H and O–H groups in total. The number of rotatable bonds is 4. The number of aromatic nitrogens is 2. The number of aryl methyl sites for hydroxylation is 1. The van der Waals surface area contributed by atoms with Crippen LogP contribution in [-0.2, 0) is 6.54 Å². The van der Waals surface area contributed by atoms with E-state index in [-0.39, 0.29) is 5.78 Å². The minimum absolute atomic E-state index is 0.145. The molecule has 0 amide bonds. The number of methoxy groups -OCH3 is 1. The van der Waals surface area contributed by atoms with Crippen molar-refractivity contribution in [3.05, 3.63) is 45.1 Å². The molecular formula is C13H12BrClN2O2. The number of ether oxygens (including phenoxy) is 1. The largest absolute Gasteiger partial charge is 0.493 e. The fourth-order valence-corrected chi connectivity index (χ4v) is 2.26. The third kappa shape index (κ3) is 2.67. The Bertz CT molecular complexity index is 604. The highest BCUT2D eigenvalue weighted by molar-refractivity contribution is 9.10. The van der Waals surface area contributed by atoms with Gasteiger partial charge in [-0.1, -0.05) is 11.6 Å². The Morgan fingerprint density at radius 3 is 2.84 bits per heavy atom. The van der Waals surface area contributed by atoms with Crippen LogP contribution in [0.5, 0.6) is 5.75 Å². The van der Waals surface area contributed by atoms with Crippen LogP contribution < -0.4 is 4.74 Å². The molecule has 2 rings (SSSR count). The van der Waals surface area contributed by atoms with Gasteiger partial charge >= 0.3 is 0 Å². The van der Waals surface area contributed by atoms with Gasteiger partial charge in [-0.2, -0.15) is 5.10 Å². The summed E-state index contributed by atoms with van der Waals surface area (Å²) >= 11 is 9.24. The zero-order valence-corrected chi connectivity index (χ0v) is 12.8. The summed E-state index contributed by atoms with van der Waals surface area (Å²) in [7, 11) is 1.52. The molecule has 0 saturated heterocycles. The smallest absolute Gasteiger partial charge is 0.214 e. The maximum Gasteiger partial charge on any atom is 0.214 e. The molecule has 0 aliphatic carbocycles. The first-order valence-electron chi connectivity index (χ1n) is 5.68. The van der Waals surface area contributed by atoms with Gasteiger partial charge in [0, 0.05) is 16.6 Å². The van der Waals surface area contributed by atoms with Crippen LogP contribution in [-0.4, -0.2) is 22.7 Å². The van der Waals surface area contributed by atoms with Crippen molar-refractivity contribution in [2.24, 2.45) is 0 Å². The van der Waals surface area contributed by atoms with E-state index >= 15 is 0 Å². The van der Waals surface area contributed by atoms with E-state index in [4.69, 9.17) is 16.3 Å². The zero-order chi connectivity index (χ0) is 14.0. The molecule has 0 fully saturated rings. The normalized spacial score (nSPS) is 10.5. The average Bonchev–Trinajstić information content (AvgIpc) is 2.83. The Kier molecular flexibility index (Phi) is 4.27. The fraction of sp³-hybridized carbons (Fsp3) is 0.231. The Labute approximate surface area is 124 Å². The Morgan fingerprint density at radius 2 is 2.26 bits per heavy atom. The first-order chi connectivity index (χ1) is 9.08. The van der Waals surface area contributed by atoms with Gasteiger partial charge in [0.2, 0.25) is 5.78 Å².